The van der Waals surface area contributed by atoms with E-state index in [1.54, 1.807) is 32.0 Å². The predicted molar refractivity (Wildman–Crippen MR) is 77.0 cm³/mol. The number of nitrogens with two attached hydrogens (primary N) is 1. The monoisotopic (exact) mass is 311 g/mol. The molecule has 1 unspecified atom stereocenters. The summed E-state index contributed by atoms with van der Waals surface area (Å²) in [5, 5.41) is 0.215. The molecule has 0 saturated carbocycles. The number of rotatable bonds is 1. The standard InChI is InChI=1S/C13H14NO4PS/c1-8(2)19(15)10-5-3-4-6-11(10)20(16,17)13-12(19)9(14)7-18-13/h3-8H,14H2,1-2H3. The molecular formula is C13H14NO4PS. The second-order valence-electron chi connectivity index (χ2n) is 5.05. The molecule has 7 heteroatoms. The third-order valence-electron chi connectivity index (χ3n) is 3.58. The van der Waals surface area contributed by atoms with E-state index in [0.29, 0.717) is 5.30 Å². The summed E-state index contributed by atoms with van der Waals surface area (Å²) in [4.78, 5) is 0.0545. The molecule has 0 fully saturated rings. The van der Waals surface area contributed by atoms with E-state index in [2.05, 4.69) is 0 Å². The van der Waals surface area contributed by atoms with Gasteiger partial charge in [-0.25, -0.2) is 8.42 Å². The molecule has 1 aliphatic rings. The Hall–Kier alpha value is -1.52. The highest BCUT2D eigenvalue weighted by Gasteiger charge is 2.48. The largest absolute Gasteiger partial charge is 0.450 e. The first-order valence-electron chi connectivity index (χ1n) is 6.13. The molecule has 1 aliphatic heterocycles. The summed E-state index contributed by atoms with van der Waals surface area (Å²) in [5.41, 5.74) is 5.69. The molecule has 2 N–H and O–H groups in total. The maximum absolute atomic E-state index is 13.5. The third kappa shape index (κ3) is 1.43. The molecule has 5 nitrogen and oxygen atoms in total. The maximum atomic E-state index is 13.5. The minimum Gasteiger partial charge on any atom is -0.450 e. The SMILES string of the molecule is CC(C)P1(=O)c2ccccc2S(=O)(=O)c2occ(N)c21. The molecule has 3 rings (SSSR count). The molecule has 2 aromatic rings. The minimum atomic E-state index is -3.80. The lowest BCUT2D eigenvalue weighted by molar-refractivity contribution is 0.453. The molecular weight excluding hydrogens is 297 g/mol. The number of hydrogen-bond donors (Lipinski definition) is 1. The lowest BCUT2D eigenvalue weighted by atomic mass is 10.4. The number of furan rings is 1. The van der Waals surface area contributed by atoms with Gasteiger partial charge < -0.3 is 14.7 Å². The van der Waals surface area contributed by atoms with Crippen molar-refractivity contribution in [2.24, 2.45) is 0 Å². The third-order valence-corrected chi connectivity index (χ3v) is 9.29. The first-order valence-corrected chi connectivity index (χ1v) is 9.39. The number of benzene rings is 1. The fourth-order valence-electron chi connectivity index (χ4n) is 2.58. The number of fused-ring (bicyclic) bond motifs is 2. The predicted octanol–water partition coefficient (Wildman–Crippen LogP) is 1.73. The molecule has 20 heavy (non-hydrogen) atoms. The van der Waals surface area contributed by atoms with Gasteiger partial charge >= 0.3 is 0 Å². The fourth-order valence-corrected chi connectivity index (χ4v) is 8.25. The van der Waals surface area contributed by atoms with Crippen molar-refractivity contribution >= 4 is 33.3 Å². The topological polar surface area (TPSA) is 90.4 Å². The zero-order valence-electron chi connectivity index (χ0n) is 11.0. The number of sulfone groups is 1. The van der Waals surface area contributed by atoms with Crippen LogP contribution in [0.15, 0.2) is 44.9 Å². The van der Waals surface area contributed by atoms with Gasteiger partial charge in [0.25, 0.3) is 0 Å². The molecule has 1 aromatic carbocycles. The summed E-state index contributed by atoms with van der Waals surface area (Å²) in [6.45, 7) is 3.59. The minimum absolute atomic E-state index is 0.0545. The van der Waals surface area contributed by atoms with Crippen LogP contribution in [0.1, 0.15) is 13.8 Å². The van der Waals surface area contributed by atoms with E-state index < -0.39 is 17.0 Å². The van der Waals surface area contributed by atoms with E-state index in [1.807, 2.05) is 0 Å². The number of nitrogen functional groups attached to an aromatic ring is 1. The molecule has 106 valence electrons. The van der Waals surface area contributed by atoms with Crippen LogP contribution in [-0.2, 0) is 14.4 Å². The zero-order chi connectivity index (χ0) is 14.7. The quantitative estimate of drug-likeness (QED) is 0.810. The van der Waals surface area contributed by atoms with Gasteiger partial charge in [-0.3, -0.25) is 0 Å². The molecule has 1 aromatic heterocycles. The van der Waals surface area contributed by atoms with E-state index in [-0.39, 0.29) is 26.6 Å². The van der Waals surface area contributed by atoms with Crippen LogP contribution in [0.4, 0.5) is 5.69 Å². The molecule has 0 radical (unpaired) electrons. The first kappa shape index (κ1) is 13.5. The second kappa shape index (κ2) is 3.99. The zero-order valence-corrected chi connectivity index (χ0v) is 12.7. The average Bonchev–Trinajstić information content (AvgIpc) is 2.80. The van der Waals surface area contributed by atoms with Crippen molar-refractivity contribution in [3.63, 3.8) is 0 Å². The summed E-state index contributed by atoms with van der Waals surface area (Å²) in [6.07, 6.45) is 1.16. The van der Waals surface area contributed by atoms with Gasteiger partial charge in [-0.15, -0.1) is 0 Å². The Morgan fingerprint density at radius 1 is 1.25 bits per heavy atom. The second-order valence-corrected chi connectivity index (χ2v) is 10.1. The van der Waals surface area contributed by atoms with Gasteiger partial charge in [-0.2, -0.15) is 0 Å². The van der Waals surface area contributed by atoms with Gasteiger partial charge in [0.1, 0.15) is 6.26 Å². The fraction of sp³-hybridized carbons (Fsp3) is 0.231. The van der Waals surface area contributed by atoms with Crippen LogP contribution in [0, 0.1) is 0 Å². The summed E-state index contributed by atoms with van der Waals surface area (Å²) >= 11 is 0. The molecule has 0 bridgehead atoms. The Kier molecular flexibility index (Phi) is 2.69. The summed E-state index contributed by atoms with van der Waals surface area (Å²) in [5.74, 6) is 0. The average molecular weight is 311 g/mol. The molecule has 0 aliphatic carbocycles. The van der Waals surface area contributed by atoms with Crippen molar-refractivity contribution in [1.29, 1.82) is 0 Å². The van der Waals surface area contributed by atoms with Crippen LogP contribution in [0.2, 0.25) is 0 Å². The Bertz CT molecular complexity index is 851. The summed E-state index contributed by atoms with van der Waals surface area (Å²) in [6, 6.07) is 6.35. The van der Waals surface area contributed by atoms with Crippen molar-refractivity contribution in [3.05, 3.63) is 30.5 Å². The van der Waals surface area contributed by atoms with E-state index in [9.17, 15) is 13.0 Å². The first-order chi connectivity index (χ1) is 9.31. The van der Waals surface area contributed by atoms with Gasteiger partial charge in [-0.1, -0.05) is 26.0 Å². The molecule has 1 atom stereocenters. The Labute approximate surface area is 117 Å². The van der Waals surface area contributed by atoms with Crippen molar-refractivity contribution in [2.75, 3.05) is 5.73 Å². The summed E-state index contributed by atoms with van der Waals surface area (Å²) in [7, 11) is -6.94. The normalized spacial score (nSPS) is 23.4. The van der Waals surface area contributed by atoms with Gasteiger partial charge in [0, 0.05) is 11.0 Å². The van der Waals surface area contributed by atoms with E-state index >= 15 is 0 Å². The Morgan fingerprint density at radius 2 is 1.90 bits per heavy atom. The number of anilines is 1. The Balaban J connectivity index is 2.55. The molecule has 0 spiro atoms. The highest BCUT2D eigenvalue weighted by molar-refractivity contribution is 7.95. The molecule has 2 heterocycles. The van der Waals surface area contributed by atoms with Crippen molar-refractivity contribution in [2.45, 2.75) is 29.5 Å². The maximum Gasteiger partial charge on any atom is 0.241 e. The van der Waals surface area contributed by atoms with Crippen molar-refractivity contribution in [3.8, 4) is 0 Å². The Morgan fingerprint density at radius 3 is 2.55 bits per heavy atom. The van der Waals surface area contributed by atoms with Crippen LogP contribution < -0.4 is 16.3 Å². The highest BCUT2D eigenvalue weighted by Crippen LogP contribution is 2.55. The van der Waals surface area contributed by atoms with Crippen LogP contribution in [-0.4, -0.2) is 14.1 Å². The van der Waals surface area contributed by atoms with Crippen LogP contribution in [0.25, 0.3) is 0 Å². The van der Waals surface area contributed by atoms with Crippen LogP contribution in [0.5, 0.6) is 0 Å². The van der Waals surface area contributed by atoms with Gasteiger partial charge in [-0.05, 0) is 12.1 Å². The number of hydrogen-bond acceptors (Lipinski definition) is 5. The van der Waals surface area contributed by atoms with Crippen LogP contribution >= 0.6 is 7.14 Å². The van der Waals surface area contributed by atoms with Crippen LogP contribution in [0.3, 0.4) is 0 Å². The van der Waals surface area contributed by atoms with Gasteiger partial charge in [0.2, 0.25) is 14.9 Å². The lowest BCUT2D eigenvalue weighted by Gasteiger charge is -2.28. The van der Waals surface area contributed by atoms with E-state index in [1.165, 1.54) is 6.07 Å². The van der Waals surface area contributed by atoms with E-state index in [0.717, 1.165) is 6.26 Å². The highest BCUT2D eigenvalue weighted by atomic mass is 32.2. The smallest absolute Gasteiger partial charge is 0.241 e. The molecule has 0 amide bonds. The van der Waals surface area contributed by atoms with Gasteiger partial charge in [0.05, 0.1) is 15.9 Å². The molecule has 0 saturated heterocycles. The van der Waals surface area contributed by atoms with Gasteiger partial charge in [0.15, 0.2) is 7.14 Å². The lowest BCUT2D eigenvalue weighted by Crippen LogP contribution is -2.34. The van der Waals surface area contributed by atoms with Crippen molar-refractivity contribution < 1.29 is 17.4 Å². The van der Waals surface area contributed by atoms with E-state index in [4.69, 9.17) is 10.2 Å². The van der Waals surface area contributed by atoms with Crippen molar-refractivity contribution in [1.82, 2.24) is 0 Å². The summed E-state index contributed by atoms with van der Waals surface area (Å²) < 4.78 is 43.8.